The number of amides is 1. The fourth-order valence-electron chi connectivity index (χ4n) is 3.33. The number of fused-ring (bicyclic) bond motifs is 1. The number of sulfonamides is 1. The van der Waals surface area contributed by atoms with Crippen molar-refractivity contribution in [1.82, 2.24) is 9.62 Å². The number of carbonyl (C=O) groups excluding carboxylic acids is 1. The molecule has 166 valence electrons. The van der Waals surface area contributed by atoms with E-state index in [-0.39, 0.29) is 24.2 Å². The molecule has 1 saturated heterocycles. The average molecular weight is 448 g/mol. The summed E-state index contributed by atoms with van der Waals surface area (Å²) in [6, 6.07) is 10.1. The van der Waals surface area contributed by atoms with Gasteiger partial charge >= 0.3 is 0 Å². The van der Waals surface area contributed by atoms with Crippen LogP contribution in [0.25, 0.3) is 0 Å². The van der Waals surface area contributed by atoms with E-state index in [1.54, 1.807) is 25.1 Å². The third-order valence-corrected chi connectivity index (χ3v) is 6.93. The Morgan fingerprint density at radius 1 is 1.10 bits per heavy atom. The van der Waals surface area contributed by atoms with E-state index in [1.165, 1.54) is 10.4 Å². The molecule has 0 aromatic heterocycles. The summed E-state index contributed by atoms with van der Waals surface area (Å²) in [6.07, 6.45) is 0. The Labute approximate surface area is 180 Å². The summed E-state index contributed by atoms with van der Waals surface area (Å²) in [7, 11) is -3.58. The second-order valence-electron chi connectivity index (χ2n) is 7.20. The van der Waals surface area contributed by atoms with E-state index in [9.17, 15) is 13.2 Å². The maximum Gasteiger partial charge on any atom is 0.258 e. The normalized spacial score (nSPS) is 16.2. The van der Waals surface area contributed by atoms with Gasteiger partial charge in [0.1, 0.15) is 5.75 Å². The van der Waals surface area contributed by atoms with Crippen molar-refractivity contribution < 1.29 is 32.2 Å². The van der Waals surface area contributed by atoms with Crippen molar-refractivity contribution >= 4 is 15.9 Å². The Bertz CT molecular complexity index is 1070. The Morgan fingerprint density at radius 2 is 1.87 bits per heavy atom. The molecule has 1 amide bonds. The van der Waals surface area contributed by atoms with Crippen LogP contribution in [0.4, 0.5) is 0 Å². The molecule has 0 aliphatic carbocycles. The van der Waals surface area contributed by atoms with Gasteiger partial charge in [-0.05, 0) is 48.4 Å². The SMILES string of the molecule is Cc1cc(S(=O)(=O)N2CCOCC2)ccc1OCC(=O)NCc1ccc2c(c1)OCO2. The topological polar surface area (TPSA) is 103 Å². The van der Waals surface area contributed by atoms with Crippen LogP contribution >= 0.6 is 0 Å². The van der Waals surface area contributed by atoms with E-state index < -0.39 is 10.0 Å². The van der Waals surface area contributed by atoms with Crippen molar-refractivity contribution in [2.45, 2.75) is 18.4 Å². The largest absolute Gasteiger partial charge is 0.484 e. The van der Waals surface area contributed by atoms with Gasteiger partial charge in [0.25, 0.3) is 5.91 Å². The minimum absolute atomic E-state index is 0.180. The molecule has 4 rings (SSSR count). The molecule has 2 aromatic rings. The Kier molecular flexibility index (Phi) is 6.30. The summed E-state index contributed by atoms with van der Waals surface area (Å²) in [5.74, 6) is 1.51. The zero-order valence-corrected chi connectivity index (χ0v) is 17.9. The number of nitrogens with one attached hydrogen (secondary N) is 1. The molecule has 1 N–H and O–H groups in total. The van der Waals surface area contributed by atoms with Gasteiger partial charge in [-0.15, -0.1) is 0 Å². The summed E-state index contributed by atoms with van der Waals surface area (Å²) in [6.45, 7) is 3.55. The summed E-state index contributed by atoms with van der Waals surface area (Å²) in [5.41, 5.74) is 1.52. The van der Waals surface area contributed by atoms with Gasteiger partial charge in [-0.1, -0.05) is 6.07 Å². The highest BCUT2D eigenvalue weighted by Gasteiger charge is 2.26. The van der Waals surface area contributed by atoms with E-state index in [0.29, 0.717) is 55.7 Å². The van der Waals surface area contributed by atoms with Crippen LogP contribution in [-0.4, -0.2) is 58.3 Å². The minimum atomic E-state index is -3.58. The highest BCUT2D eigenvalue weighted by atomic mass is 32.2. The zero-order chi connectivity index (χ0) is 21.8. The number of hydrogen-bond donors (Lipinski definition) is 1. The predicted molar refractivity (Wildman–Crippen MR) is 111 cm³/mol. The van der Waals surface area contributed by atoms with E-state index in [4.69, 9.17) is 18.9 Å². The van der Waals surface area contributed by atoms with E-state index in [1.807, 2.05) is 12.1 Å². The fourth-order valence-corrected chi connectivity index (χ4v) is 4.82. The molecule has 2 aliphatic rings. The molecule has 2 heterocycles. The number of morpholine rings is 1. The number of hydrogen-bond acceptors (Lipinski definition) is 7. The van der Waals surface area contributed by atoms with E-state index in [0.717, 1.165) is 5.56 Å². The smallest absolute Gasteiger partial charge is 0.258 e. The lowest BCUT2D eigenvalue weighted by atomic mass is 10.2. The Hall–Kier alpha value is -2.82. The maximum atomic E-state index is 12.8. The van der Waals surface area contributed by atoms with Crippen molar-refractivity contribution in [2.24, 2.45) is 0 Å². The van der Waals surface area contributed by atoms with Gasteiger partial charge in [0.05, 0.1) is 18.1 Å². The molecular formula is C21H24N2O7S. The van der Waals surface area contributed by atoms with Gasteiger partial charge in [-0.3, -0.25) is 4.79 Å². The molecule has 0 atom stereocenters. The second-order valence-corrected chi connectivity index (χ2v) is 9.13. The second kappa shape index (κ2) is 9.13. The van der Waals surface area contributed by atoms with Crippen LogP contribution in [0.3, 0.4) is 0 Å². The molecule has 0 unspecified atom stereocenters. The molecule has 0 bridgehead atoms. The fraction of sp³-hybridized carbons (Fsp3) is 0.381. The molecule has 0 radical (unpaired) electrons. The van der Waals surface area contributed by atoms with Crippen molar-refractivity contribution in [3.05, 3.63) is 47.5 Å². The molecule has 1 fully saturated rings. The molecule has 10 heteroatoms. The lowest BCUT2D eigenvalue weighted by Gasteiger charge is -2.26. The summed E-state index contributed by atoms with van der Waals surface area (Å²) in [5, 5.41) is 2.78. The zero-order valence-electron chi connectivity index (χ0n) is 17.1. The van der Waals surface area contributed by atoms with E-state index >= 15 is 0 Å². The Morgan fingerprint density at radius 3 is 2.65 bits per heavy atom. The monoisotopic (exact) mass is 448 g/mol. The number of carbonyl (C=O) groups is 1. The summed E-state index contributed by atoms with van der Waals surface area (Å²) >= 11 is 0. The number of ether oxygens (including phenoxy) is 4. The lowest BCUT2D eigenvalue weighted by Crippen LogP contribution is -2.40. The van der Waals surface area contributed by atoms with Gasteiger partial charge in [-0.25, -0.2) is 8.42 Å². The molecule has 2 aromatic carbocycles. The molecule has 0 saturated carbocycles. The standard InChI is InChI=1S/C21H24N2O7S/c1-15-10-17(31(25,26)23-6-8-27-9-7-23)3-5-18(15)28-13-21(24)22-12-16-2-4-19-20(11-16)30-14-29-19/h2-5,10-11H,6-9,12-14H2,1H3,(H,22,24). The molecule has 9 nitrogen and oxygen atoms in total. The molecule has 2 aliphatic heterocycles. The van der Waals surface area contributed by atoms with Crippen molar-refractivity contribution in [3.63, 3.8) is 0 Å². The first-order valence-electron chi connectivity index (χ1n) is 9.90. The van der Waals surface area contributed by atoms with Gasteiger partial charge in [0.2, 0.25) is 16.8 Å². The van der Waals surface area contributed by atoms with Crippen LogP contribution in [0.2, 0.25) is 0 Å². The summed E-state index contributed by atoms with van der Waals surface area (Å²) < 4.78 is 48.3. The van der Waals surface area contributed by atoms with Crippen molar-refractivity contribution in [3.8, 4) is 17.2 Å². The van der Waals surface area contributed by atoms with Gasteiger partial charge in [0.15, 0.2) is 18.1 Å². The Balaban J connectivity index is 1.31. The molecule has 31 heavy (non-hydrogen) atoms. The molecule has 0 spiro atoms. The highest BCUT2D eigenvalue weighted by molar-refractivity contribution is 7.89. The van der Waals surface area contributed by atoms with Gasteiger partial charge in [-0.2, -0.15) is 4.31 Å². The van der Waals surface area contributed by atoms with Crippen LogP contribution in [0.1, 0.15) is 11.1 Å². The minimum Gasteiger partial charge on any atom is -0.484 e. The van der Waals surface area contributed by atoms with Gasteiger partial charge < -0.3 is 24.3 Å². The van der Waals surface area contributed by atoms with Crippen LogP contribution in [0.15, 0.2) is 41.3 Å². The van der Waals surface area contributed by atoms with Gasteiger partial charge in [0, 0.05) is 19.6 Å². The first kappa shape index (κ1) is 21.4. The van der Waals surface area contributed by atoms with Crippen molar-refractivity contribution in [1.29, 1.82) is 0 Å². The first-order chi connectivity index (χ1) is 14.9. The van der Waals surface area contributed by atoms with Crippen LogP contribution in [0.5, 0.6) is 17.2 Å². The average Bonchev–Trinajstić information content (AvgIpc) is 3.25. The number of rotatable bonds is 7. The van der Waals surface area contributed by atoms with Crippen LogP contribution in [0, 0.1) is 6.92 Å². The quantitative estimate of drug-likeness (QED) is 0.684. The number of nitrogens with zero attached hydrogens (tertiary/aromatic N) is 1. The van der Waals surface area contributed by atoms with Crippen LogP contribution < -0.4 is 19.5 Å². The van der Waals surface area contributed by atoms with Crippen molar-refractivity contribution in [2.75, 3.05) is 39.7 Å². The first-order valence-corrected chi connectivity index (χ1v) is 11.3. The van der Waals surface area contributed by atoms with E-state index in [2.05, 4.69) is 5.32 Å². The third-order valence-electron chi connectivity index (χ3n) is 5.04. The van der Waals surface area contributed by atoms with Crippen LogP contribution in [-0.2, 0) is 26.1 Å². The highest BCUT2D eigenvalue weighted by Crippen LogP contribution is 2.32. The lowest BCUT2D eigenvalue weighted by molar-refractivity contribution is -0.123. The molecular weight excluding hydrogens is 424 g/mol. The number of benzene rings is 2. The summed E-state index contributed by atoms with van der Waals surface area (Å²) in [4.78, 5) is 12.4. The maximum absolute atomic E-state index is 12.8. The third kappa shape index (κ3) is 4.92. The predicted octanol–water partition coefficient (Wildman–Crippen LogP) is 1.44. The number of aryl methyl sites for hydroxylation is 1.